The van der Waals surface area contributed by atoms with E-state index in [9.17, 15) is 0 Å². The average molecular weight is 309 g/mol. The molecule has 2 fully saturated rings. The summed E-state index contributed by atoms with van der Waals surface area (Å²) >= 11 is 3.45. The van der Waals surface area contributed by atoms with Gasteiger partial charge in [0.2, 0.25) is 0 Å². The third-order valence-electron chi connectivity index (χ3n) is 4.31. The third kappa shape index (κ3) is 3.12. The monoisotopic (exact) mass is 308 g/mol. The highest BCUT2D eigenvalue weighted by molar-refractivity contribution is 9.10. The highest BCUT2D eigenvalue weighted by Crippen LogP contribution is 2.47. The number of hydrogen-bond acceptors (Lipinski definition) is 2. The minimum atomic E-state index is 0.392. The largest absolute Gasteiger partial charge is 0.313 e. The molecule has 0 spiro atoms. The molecule has 0 amide bonds. The second-order valence-corrected chi connectivity index (χ2v) is 7.14. The summed E-state index contributed by atoms with van der Waals surface area (Å²) in [6.07, 6.45) is 8.56. The van der Waals surface area contributed by atoms with Gasteiger partial charge in [-0.1, -0.05) is 6.92 Å². The van der Waals surface area contributed by atoms with Gasteiger partial charge < -0.3 is 5.32 Å². The summed E-state index contributed by atoms with van der Waals surface area (Å²) in [5.41, 5.74) is 1.62. The van der Waals surface area contributed by atoms with E-state index in [2.05, 4.69) is 45.3 Å². The number of aromatic nitrogens is 1. The molecule has 2 nitrogen and oxygen atoms in total. The number of nitrogens with zero attached hydrogens (tertiary/aromatic N) is 1. The van der Waals surface area contributed by atoms with Gasteiger partial charge in [-0.15, -0.1) is 0 Å². The van der Waals surface area contributed by atoms with Gasteiger partial charge in [-0.2, -0.15) is 0 Å². The molecular formula is C15H21BrN2. The van der Waals surface area contributed by atoms with E-state index in [0.29, 0.717) is 5.41 Å². The molecule has 2 saturated carbocycles. The Morgan fingerprint density at radius 2 is 2.11 bits per heavy atom. The van der Waals surface area contributed by atoms with Crippen LogP contribution in [0.2, 0.25) is 0 Å². The number of hydrogen-bond donors (Lipinski definition) is 1. The second kappa shape index (κ2) is 4.93. The lowest BCUT2D eigenvalue weighted by molar-refractivity contribution is 0.252. The van der Waals surface area contributed by atoms with Crippen LogP contribution in [0.5, 0.6) is 0 Å². The van der Waals surface area contributed by atoms with Crippen LogP contribution in [-0.4, -0.2) is 17.6 Å². The summed E-state index contributed by atoms with van der Waals surface area (Å²) in [7, 11) is 0. The van der Waals surface area contributed by atoms with Crippen molar-refractivity contribution in [3.05, 3.63) is 28.5 Å². The van der Waals surface area contributed by atoms with Crippen molar-refractivity contribution in [2.24, 2.45) is 11.3 Å². The Kier molecular flexibility index (Phi) is 3.46. The van der Waals surface area contributed by atoms with Crippen molar-refractivity contribution in [2.75, 3.05) is 6.54 Å². The van der Waals surface area contributed by atoms with E-state index in [-0.39, 0.29) is 0 Å². The van der Waals surface area contributed by atoms with E-state index in [1.54, 1.807) is 0 Å². The molecule has 3 heteroatoms. The number of halogens is 1. The lowest BCUT2D eigenvalue weighted by atomic mass is 9.80. The maximum Gasteiger partial charge on any atom is 0.0413 e. The normalized spacial score (nSPS) is 22.8. The van der Waals surface area contributed by atoms with Crippen LogP contribution in [0.25, 0.3) is 0 Å². The number of pyridine rings is 1. The Balaban J connectivity index is 1.66. The molecule has 3 rings (SSSR count). The molecule has 0 aromatic carbocycles. The molecule has 18 heavy (non-hydrogen) atoms. The first-order valence-corrected chi connectivity index (χ1v) is 7.79. The van der Waals surface area contributed by atoms with E-state index in [1.807, 2.05) is 6.20 Å². The van der Waals surface area contributed by atoms with Crippen LogP contribution in [0, 0.1) is 11.3 Å². The predicted molar refractivity (Wildman–Crippen MR) is 77.5 cm³/mol. The molecule has 2 aliphatic rings. The molecule has 1 aromatic rings. The van der Waals surface area contributed by atoms with Gasteiger partial charge in [0.1, 0.15) is 0 Å². The minimum absolute atomic E-state index is 0.392. The van der Waals surface area contributed by atoms with Crippen molar-refractivity contribution in [3.8, 4) is 0 Å². The highest BCUT2D eigenvalue weighted by Gasteiger charge is 2.42. The van der Waals surface area contributed by atoms with Crippen molar-refractivity contribution < 1.29 is 0 Å². The van der Waals surface area contributed by atoms with Gasteiger partial charge in [0.05, 0.1) is 0 Å². The molecule has 98 valence electrons. The fourth-order valence-corrected chi connectivity index (χ4v) is 2.96. The van der Waals surface area contributed by atoms with Gasteiger partial charge in [-0.25, -0.2) is 0 Å². The van der Waals surface area contributed by atoms with Gasteiger partial charge in [0.25, 0.3) is 0 Å². The van der Waals surface area contributed by atoms with Gasteiger partial charge in [-0.3, -0.25) is 4.98 Å². The number of nitrogens with one attached hydrogen (secondary N) is 1. The Bertz CT molecular complexity index is 409. The predicted octanol–water partition coefficient (Wildman–Crippen LogP) is 3.55. The molecule has 0 saturated heterocycles. The van der Waals surface area contributed by atoms with Crippen molar-refractivity contribution >= 4 is 15.9 Å². The standard InChI is InChI=1S/C15H21BrN2/c1-15(11-2-3-11,10-18-13-6-7-13)8-14-5-4-12(16)9-17-14/h4-5,9,11,13,18H,2-3,6-8,10H2,1H3. The Morgan fingerprint density at radius 1 is 1.33 bits per heavy atom. The maximum atomic E-state index is 4.54. The van der Waals surface area contributed by atoms with E-state index in [4.69, 9.17) is 0 Å². The molecule has 0 radical (unpaired) electrons. The van der Waals surface area contributed by atoms with Crippen molar-refractivity contribution in [1.29, 1.82) is 0 Å². The van der Waals surface area contributed by atoms with E-state index < -0.39 is 0 Å². The van der Waals surface area contributed by atoms with Gasteiger partial charge in [-0.05, 0) is 71.5 Å². The van der Waals surface area contributed by atoms with Gasteiger partial charge in [0, 0.05) is 29.0 Å². The first-order chi connectivity index (χ1) is 8.66. The summed E-state index contributed by atoms with van der Waals surface area (Å²) < 4.78 is 1.07. The van der Waals surface area contributed by atoms with Gasteiger partial charge >= 0.3 is 0 Å². The van der Waals surface area contributed by atoms with Crippen molar-refractivity contribution in [3.63, 3.8) is 0 Å². The van der Waals surface area contributed by atoms with Crippen LogP contribution >= 0.6 is 15.9 Å². The zero-order chi connectivity index (χ0) is 12.6. The highest BCUT2D eigenvalue weighted by atomic mass is 79.9. The minimum Gasteiger partial charge on any atom is -0.313 e. The number of rotatable bonds is 6. The summed E-state index contributed by atoms with van der Waals surface area (Å²) in [6, 6.07) is 5.06. The van der Waals surface area contributed by atoms with Crippen LogP contribution < -0.4 is 5.32 Å². The Morgan fingerprint density at radius 3 is 2.67 bits per heavy atom. The topological polar surface area (TPSA) is 24.9 Å². The molecule has 1 atom stereocenters. The summed E-state index contributed by atoms with van der Waals surface area (Å²) in [5.74, 6) is 0.897. The van der Waals surface area contributed by atoms with Crippen molar-refractivity contribution in [1.82, 2.24) is 10.3 Å². The lowest BCUT2D eigenvalue weighted by Gasteiger charge is -2.30. The van der Waals surface area contributed by atoms with Crippen LogP contribution in [0.3, 0.4) is 0 Å². The maximum absolute atomic E-state index is 4.54. The van der Waals surface area contributed by atoms with Crippen LogP contribution in [0.4, 0.5) is 0 Å². The molecule has 1 N–H and O–H groups in total. The molecular weight excluding hydrogens is 288 g/mol. The van der Waals surface area contributed by atoms with E-state index in [1.165, 1.54) is 31.4 Å². The van der Waals surface area contributed by atoms with E-state index >= 15 is 0 Å². The van der Waals surface area contributed by atoms with Crippen molar-refractivity contribution in [2.45, 2.75) is 45.1 Å². The quantitative estimate of drug-likeness (QED) is 0.869. The van der Waals surface area contributed by atoms with Crippen LogP contribution in [0.15, 0.2) is 22.8 Å². The molecule has 1 unspecified atom stereocenters. The average Bonchev–Trinajstić information content (AvgIpc) is 3.21. The Hall–Kier alpha value is -0.410. The summed E-state index contributed by atoms with van der Waals surface area (Å²) in [4.78, 5) is 4.54. The van der Waals surface area contributed by atoms with E-state index in [0.717, 1.165) is 29.4 Å². The lowest BCUT2D eigenvalue weighted by Crippen LogP contribution is -2.36. The SMILES string of the molecule is CC(CNC1CC1)(Cc1ccc(Br)cn1)C1CC1. The summed E-state index contributed by atoms with van der Waals surface area (Å²) in [6.45, 7) is 3.59. The third-order valence-corrected chi connectivity index (χ3v) is 4.78. The molecule has 0 aliphatic heterocycles. The molecule has 2 aliphatic carbocycles. The van der Waals surface area contributed by atoms with Gasteiger partial charge in [0.15, 0.2) is 0 Å². The smallest absolute Gasteiger partial charge is 0.0413 e. The molecule has 1 aromatic heterocycles. The fraction of sp³-hybridized carbons (Fsp3) is 0.667. The molecule has 1 heterocycles. The second-order valence-electron chi connectivity index (χ2n) is 6.23. The summed E-state index contributed by atoms with van der Waals surface area (Å²) in [5, 5.41) is 3.71. The van der Waals surface area contributed by atoms with Crippen LogP contribution in [-0.2, 0) is 6.42 Å². The molecule has 0 bridgehead atoms. The fourth-order valence-electron chi connectivity index (χ4n) is 2.72. The first kappa shape index (κ1) is 12.6. The first-order valence-electron chi connectivity index (χ1n) is 6.99. The Labute approximate surface area is 118 Å². The van der Waals surface area contributed by atoms with Crippen LogP contribution in [0.1, 0.15) is 38.3 Å². The zero-order valence-electron chi connectivity index (χ0n) is 11.0. The zero-order valence-corrected chi connectivity index (χ0v) is 12.5.